The molecule has 3 nitrogen and oxygen atoms in total. The second kappa shape index (κ2) is 5.90. The van der Waals surface area contributed by atoms with Crippen LogP contribution in [-0.4, -0.2) is 24.0 Å². The molecule has 1 aromatic carbocycles. The van der Waals surface area contributed by atoms with Crippen molar-refractivity contribution in [2.24, 2.45) is 5.73 Å². The van der Waals surface area contributed by atoms with E-state index in [2.05, 4.69) is 15.9 Å². The number of rotatable bonds is 4. The smallest absolute Gasteiger partial charge is 0.417 e. The predicted octanol–water partition coefficient (Wildman–Crippen LogP) is 2.77. The molecule has 0 aromatic heterocycles. The van der Waals surface area contributed by atoms with Gasteiger partial charge in [-0.15, -0.1) is 0 Å². The van der Waals surface area contributed by atoms with E-state index in [4.69, 9.17) is 15.6 Å². The third-order valence-corrected chi connectivity index (χ3v) is 2.73. The standard InChI is InChI=1S/C11H13BrF3NO2/c1-6(16)8-3-2-7(12)4-9(8)18-5-10(17)11(13,14)15/h2-4,6,10,17H,5,16H2,1H3/t6-,10?/m1/s1. The van der Waals surface area contributed by atoms with Gasteiger partial charge in [0.05, 0.1) is 0 Å². The summed E-state index contributed by atoms with van der Waals surface area (Å²) in [5.74, 6) is 0.225. The van der Waals surface area contributed by atoms with Crippen LogP contribution in [0.25, 0.3) is 0 Å². The maximum absolute atomic E-state index is 12.1. The highest BCUT2D eigenvalue weighted by Gasteiger charge is 2.38. The van der Waals surface area contributed by atoms with Gasteiger partial charge in [0.1, 0.15) is 12.4 Å². The van der Waals surface area contributed by atoms with Gasteiger partial charge in [0, 0.05) is 16.1 Å². The third kappa shape index (κ3) is 4.15. The lowest BCUT2D eigenvalue weighted by Crippen LogP contribution is -2.34. The Labute approximate surface area is 111 Å². The van der Waals surface area contributed by atoms with E-state index in [1.54, 1.807) is 19.1 Å². The maximum Gasteiger partial charge on any atom is 0.417 e. The van der Waals surface area contributed by atoms with Crippen molar-refractivity contribution in [2.75, 3.05) is 6.61 Å². The molecule has 0 radical (unpaired) electrons. The Bertz CT molecular complexity index is 410. The molecule has 0 bridgehead atoms. The lowest BCUT2D eigenvalue weighted by atomic mass is 10.1. The van der Waals surface area contributed by atoms with Crippen LogP contribution in [0.4, 0.5) is 13.2 Å². The summed E-state index contributed by atoms with van der Waals surface area (Å²) in [6.07, 6.45) is -7.21. The predicted molar refractivity (Wildman–Crippen MR) is 64.3 cm³/mol. The summed E-state index contributed by atoms with van der Waals surface area (Å²) < 4.78 is 42.0. The molecule has 0 fully saturated rings. The molecule has 0 aliphatic rings. The molecule has 0 saturated heterocycles. The van der Waals surface area contributed by atoms with Gasteiger partial charge < -0.3 is 15.6 Å². The van der Waals surface area contributed by atoms with Crippen molar-refractivity contribution in [3.63, 3.8) is 0 Å². The molecule has 0 amide bonds. The van der Waals surface area contributed by atoms with Crippen molar-refractivity contribution in [3.05, 3.63) is 28.2 Å². The Hall–Kier alpha value is -0.790. The van der Waals surface area contributed by atoms with Gasteiger partial charge in [-0.3, -0.25) is 0 Å². The number of hydrogen-bond donors (Lipinski definition) is 2. The second-order valence-corrected chi connectivity index (χ2v) is 4.75. The van der Waals surface area contributed by atoms with Crippen molar-refractivity contribution < 1.29 is 23.0 Å². The van der Waals surface area contributed by atoms with Gasteiger partial charge >= 0.3 is 6.18 Å². The summed E-state index contributed by atoms with van der Waals surface area (Å²) in [7, 11) is 0. The Kier molecular flexibility index (Phi) is 5.01. The summed E-state index contributed by atoms with van der Waals surface area (Å²) in [6, 6.07) is 4.51. The van der Waals surface area contributed by atoms with Crippen LogP contribution in [-0.2, 0) is 0 Å². The van der Waals surface area contributed by atoms with Crippen molar-refractivity contribution >= 4 is 15.9 Å². The van der Waals surface area contributed by atoms with Crippen LogP contribution < -0.4 is 10.5 Å². The lowest BCUT2D eigenvalue weighted by Gasteiger charge is -2.18. The Morgan fingerprint density at radius 2 is 2.06 bits per heavy atom. The van der Waals surface area contributed by atoms with Crippen LogP contribution in [0.5, 0.6) is 5.75 Å². The number of alkyl halides is 3. The Balaban J connectivity index is 2.81. The zero-order valence-corrected chi connectivity index (χ0v) is 11.1. The highest BCUT2D eigenvalue weighted by atomic mass is 79.9. The highest BCUT2D eigenvalue weighted by molar-refractivity contribution is 9.10. The van der Waals surface area contributed by atoms with Gasteiger partial charge in [0.25, 0.3) is 0 Å². The highest BCUT2D eigenvalue weighted by Crippen LogP contribution is 2.29. The van der Waals surface area contributed by atoms with E-state index in [9.17, 15) is 13.2 Å². The summed E-state index contributed by atoms with van der Waals surface area (Å²) in [5, 5.41) is 8.85. The molecule has 3 N–H and O–H groups in total. The van der Waals surface area contributed by atoms with E-state index >= 15 is 0 Å². The minimum Gasteiger partial charge on any atom is -0.490 e. The molecule has 2 atom stereocenters. The SMILES string of the molecule is C[C@@H](N)c1ccc(Br)cc1OCC(O)C(F)(F)F. The van der Waals surface area contributed by atoms with Crippen LogP contribution in [0.1, 0.15) is 18.5 Å². The number of benzene rings is 1. The molecule has 0 heterocycles. The first-order chi connectivity index (χ1) is 8.21. The molecule has 102 valence electrons. The van der Waals surface area contributed by atoms with Crippen molar-refractivity contribution in [3.8, 4) is 5.75 Å². The first-order valence-electron chi connectivity index (χ1n) is 5.14. The van der Waals surface area contributed by atoms with E-state index in [0.717, 1.165) is 0 Å². The number of ether oxygens (including phenoxy) is 1. The first kappa shape index (κ1) is 15.3. The van der Waals surface area contributed by atoms with Crippen molar-refractivity contribution in [1.82, 2.24) is 0 Å². The summed E-state index contributed by atoms with van der Waals surface area (Å²) in [4.78, 5) is 0. The van der Waals surface area contributed by atoms with Gasteiger partial charge in [-0.1, -0.05) is 22.0 Å². The fourth-order valence-electron chi connectivity index (χ4n) is 1.27. The number of aliphatic hydroxyl groups is 1. The number of nitrogens with two attached hydrogens (primary N) is 1. The number of hydrogen-bond acceptors (Lipinski definition) is 3. The molecule has 1 aromatic rings. The summed E-state index contributed by atoms with van der Waals surface area (Å²) in [6.45, 7) is 0.829. The Morgan fingerprint density at radius 1 is 1.44 bits per heavy atom. The third-order valence-electron chi connectivity index (χ3n) is 2.24. The topological polar surface area (TPSA) is 55.5 Å². The molecule has 7 heteroatoms. The van der Waals surface area contributed by atoms with Gasteiger partial charge in [-0.05, 0) is 19.1 Å². The second-order valence-electron chi connectivity index (χ2n) is 3.84. The zero-order chi connectivity index (χ0) is 13.9. The molecule has 1 unspecified atom stereocenters. The van der Waals surface area contributed by atoms with Crippen LogP contribution >= 0.6 is 15.9 Å². The quantitative estimate of drug-likeness (QED) is 0.894. The van der Waals surface area contributed by atoms with Gasteiger partial charge in [0.15, 0.2) is 6.10 Å². The van der Waals surface area contributed by atoms with Crippen LogP contribution in [0.2, 0.25) is 0 Å². The van der Waals surface area contributed by atoms with E-state index in [1.165, 1.54) is 6.07 Å². The van der Waals surface area contributed by atoms with E-state index in [-0.39, 0.29) is 11.8 Å². The largest absolute Gasteiger partial charge is 0.490 e. The molecular formula is C11H13BrF3NO2. The molecule has 0 aliphatic heterocycles. The van der Waals surface area contributed by atoms with Crippen LogP contribution in [0.15, 0.2) is 22.7 Å². The van der Waals surface area contributed by atoms with Gasteiger partial charge in [0.2, 0.25) is 0 Å². The first-order valence-corrected chi connectivity index (χ1v) is 5.93. The van der Waals surface area contributed by atoms with Crippen molar-refractivity contribution in [2.45, 2.75) is 25.2 Å². The lowest BCUT2D eigenvalue weighted by molar-refractivity contribution is -0.210. The van der Waals surface area contributed by atoms with Crippen LogP contribution in [0.3, 0.4) is 0 Å². The average molecular weight is 328 g/mol. The van der Waals surface area contributed by atoms with E-state index in [0.29, 0.717) is 10.0 Å². The van der Waals surface area contributed by atoms with Crippen LogP contribution in [0, 0.1) is 0 Å². The monoisotopic (exact) mass is 327 g/mol. The molecule has 0 spiro atoms. The minimum atomic E-state index is -4.69. The molecule has 0 saturated carbocycles. The normalized spacial score (nSPS) is 15.3. The van der Waals surface area contributed by atoms with Gasteiger partial charge in [-0.25, -0.2) is 0 Å². The van der Waals surface area contributed by atoms with E-state index in [1.807, 2.05) is 0 Å². The summed E-state index contributed by atoms with van der Waals surface area (Å²) >= 11 is 3.19. The zero-order valence-electron chi connectivity index (χ0n) is 9.54. The fraction of sp³-hybridized carbons (Fsp3) is 0.455. The minimum absolute atomic E-state index is 0.225. The average Bonchev–Trinajstić information content (AvgIpc) is 2.24. The van der Waals surface area contributed by atoms with Gasteiger partial charge in [-0.2, -0.15) is 13.2 Å². The Morgan fingerprint density at radius 3 is 2.56 bits per heavy atom. The number of aliphatic hydroxyl groups excluding tert-OH is 1. The molecule has 18 heavy (non-hydrogen) atoms. The molecule has 0 aliphatic carbocycles. The van der Waals surface area contributed by atoms with E-state index < -0.39 is 18.9 Å². The summed E-state index contributed by atoms with van der Waals surface area (Å²) in [5.41, 5.74) is 6.25. The molecule has 1 rings (SSSR count). The number of halogens is 4. The van der Waals surface area contributed by atoms with Crippen molar-refractivity contribution in [1.29, 1.82) is 0 Å². The maximum atomic E-state index is 12.1. The fourth-order valence-corrected chi connectivity index (χ4v) is 1.61. The molecular weight excluding hydrogens is 315 g/mol.